The summed E-state index contributed by atoms with van der Waals surface area (Å²) in [5, 5.41) is 16.9. The number of carbonyl (C=O) groups is 1. The van der Waals surface area contributed by atoms with Gasteiger partial charge in [-0.05, 0) is 74.6 Å². The molecule has 0 unspecified atom stereocenters. The van der Waals surface area contributed by atoms with Crippen molar-refractivity contribution in [1.82, 2.24) is 19.9 Å². The van der Waals surface area contributed by atoms with Crippen LogP contribution in [0.5, 0.6) is 0 Å². The lowest BCUT2D eigenvalue weighted by Crippen LogP contribution is -2.35. The Morgan fingerprint density at radius 3 is 2.47 bits per heavy atom. The molecule has 0 saturated heterocycles. The molecule has 224 valence electrons. The summed E-state index contributed by atoms with van der Waals surface area (Å²) in [5.74, 6) is -0.188. The lowest BCUT2D eigenvalue weighted by Gasteiger charge is -2.17. The maximum Gasteiger partial charge on any atom is 0.294 e. The van der Waals surface area contributed by atoms with Gasteiger partial charge in [0, 0.05) is 54.0 Å². The maximum atomic E-state index is 13.5. The van der Waals surface area contributed by atoms with Crippen LogP contribution >= 0.6 is 0 Å². The van der Waals surface area contributed by atoms with Crippen LogP contribution in [-0.2, 0) is 24.3 Å². The number of pyridine rings is 1. The third kappa shape index (κ3) is 8.90. The zero-order valence-electron chi connectivity index (χ0n) is 24.6. The number of anilines is 3. The number of carbonyl (C=O) groups excluding carboxylic acids is 1. The van der Waals surface area contributed by atoms with Gasteiger partial charge in [-0.25, -0.2) is 4.98 Å². The van der Waals surface area contributed by atoms with Gasteiger partial charge in [0.15, 0.2) is 5.82 Å². The topological polar surface area (TPSA) is 177 Å². The number of nitrogen functional groups attached to an aromatic ring is 2. The number of unbranched alkanes of at least 4 members (excludes halogenated alkanes) is 1. The number of aryl methyl sites for hydroxylation is 1. The van der Waals surface area contributed by atoms with Crippen molar-refractivity contribution in [2.45, 2.75) is 52.2 Å². The third-order valence-electron chi connectivity index (χ3n) is 6.76. The third-order valence-corrected chi connectivity index (χ3v) is 6.76. The smallest absolute Gasteiger partial charge is 0.294 e. The molecule has 0 bridgehead atoms. The minimum atomic E-state index is -0.403. The first-order chi connectivity index (χ1) is 20.7. The van der Waals surface area contributed by atoms with Crippen molar-refractivity contribution in [3.05, 3.63) is 100 Å². The molecule has 4 rings (SSSR count). The van der Waals surface area contributed by atoms with Crippen LogP contribution in [0.2, 0.25) is 0 Å². The number of rotatable bonds is 14. The molecule has 2 aromatic carbocycles. The molecule has 11 heteroatoms. The van der Waals surface area contributed by atoms with E-state index in [0.717, 1.165) is 37.1 Å². The monoisotopic (exact) mass is 581 g/mol. The van der Waals surface area contributed by atoms with Crippen LogP contribution in [0.25, 0.3) is 11.3 Å². The molecule has 0 fully saturated rings. The quantitative estimate of drug-likeness (QED) is 0.0564. The van der Waals surface area contributed by atoms with E-state index in [2.05, 4.69) is 25.9 Å². The van der Waals surface area contributed by atoms with Crippen LogP contribution < -0.4 is 33.0 Å². The molecule has 0 spiro atoms. The second-order valence-corrected chi connectivity index (χ2v) is 10.7. The van der Waals surface area contributed by atoms with Crippen LogP contribution in [0.1, 0.15) is 43.4 Å². The fourth-order valence-corrected chi connectivity index (χ4v) is 4.59. The summed E-state index contributed by atoms with van der Waals surface area (Å²) in [5.41, 5.74) is 16.6. The Bertz CT molecular complexity index is 1600. The van der Waals surface area contributed by atoms with Crippen LogP contribution in [0, 0.1) is 5.41 Å². The van der Waals surface area contributed by atoms with E-state index in [0.29, 0.717) is 22.5 Å². The highest BCUT2D eigenvalue weighted by Crippen LogP contribution is 2.26. The van der Waals surface area contributed by atoms with Gasteiger partial charge in [-0.15, -0.1) is 0 Å². The molecule has 0 atom stereocenters. The van der Waals surface area contributed by atoms with E-state index >= 15 is 0 Å². The van der Waals surface area contributed by atoms with Gasteiger partial charge < -0.3 is 27.4 Å². The Hall–Kier alpha value is -5.19. The van der Waals surface area contributed by atoms with Crippen LogP contribution in [0.3, 0.4) is 0 Å². The minimum absolute atomic E-state index is 0.0203. The SMILES string of the molecule is CC(C)Nc1ncc(-c2cc(N)cc(NCCCCc3ccncc3)c2)n(CC(=O)NCc2ccc(C(=N)N)cc2)c1=O. The van der Waals surface area contributed by atoms with Gasteiger partial charge in [0.05, 0.1) is 11.9 Å². The predicted octanol–water partition coefficient (Wildman–Crippen LogP) is 3.74. The number of nitrogens with zero attached hydrogens (tertiary/aromatic N) is 3. The molecule has 0 radical (unpaired) electrons. The number of aromatic nitrogens is 3. The van der Waals surface area contributed by atoms with Crippen molar-refractivity contribution >= 4 is 28.9 Å². The Balaban J connectivity index is 1.49. The van der Waals surface area contributed by atoms with Crippen molar-refractivity contribution < 1.29 is 4.79 Å². The highest BCUT2D eigenvalue weighted by atomic mass is 16.2. The molecule has 43 heavy (non-hydrogen) atoms. The second kappa shape index (κ2) is 14.6. The van der Waals surface area contributed by atoms with E-state index in [1.165, 1.54) is 10.1 Å². The zero-order chi connectivity index (χ0) is 30.8. The van der Waals surface area contributed by atoms with Crippen molar-refractivity contribution in [2.75, 3.05) is 22.9 Å². The fourth-order valence-electron chi connectivity index (χ4n) is 4.59. The number of amidine groups is 1. The number of nitrogens with one attached hydrogen (secondary N) is 4. The van der Waals surface area contributed by atoms with Gasteiger partial charge in [-0.1, -0.05) is 24.3 Å². The van der Waals surface area contributed by atoms with Gasteiger partial charge in [0.2, 0.25) is 5.91 Å². The maximum absolute atomic E-state index is 13.5. The molecular weight excluding hydrogens is 542 g/mol. The Kier molecular flexibility index (Phi) is 10.5. The Labute approximate surface area is 251 Å². The molecule has 11 nitrogen and oxygen atoms in total. The van der Waals surface area contributed by atoms with E-state index in [4.69, 9.17) is 16.9 Å². The first-order valence-corrected chi connectivity index (χ1v) is 14.3. The Morgan fingerprint density at radius 2 is 1.77 bits per heavy atom. The highest BCUT2D eigenvalue weighted by Gasteiger charge is 2.16. The predicted molar refractivity (Wildman–Crippen MR) is 172 cm³/mol. The normalized spacial score (nSPS) is 10.9. The lowest BCUT2D eigenvalue weighted by atomic mass is 10.1. The number of benzene rings is 2. The lowest BCUT2D eigenvalue weighted by molar-refractivity contribution is -0.121. The number of amides is 1. The number of nitrogens with two attached hydrogens (primary N) is 2. The average Bonchev–Trinajstić information content (AvgIpc) is 2.98. The summed E-state index contributed by atoms with van der Waals surface area (Å²) in [6.07, 6.45) is 8.17. The zero-order valence-corrected chi connectivity index (χ0v) is 24.6. The summed E-state index contributed by atoms with van der Waals surface area (Å²) >= 11 is 0. The van der Waals surface area contributed by atoms with Crippen LogP contribution in [0.15, 0.2) is 78.0 Å². The van der Waals surface area contributed by atoms with Gasteiger partial charge in [-0.2, -0.15) is 0 Å². The molecule has 0 aliphatic carbocycles. The minimum Gasteiger partial charge on any atom is -0.399 e. The summed E-state index contributed by atoms with van der Waals surface area (Å²) in [4.78, 5) is 35.0. The molecule has 0 aliphatic heterocycles. The van der Waals surface area contributed by atoms with E-state index in [1.54, 1.807) is 48.9 Å². The van der Waals surface area contributed by atoms with Crippen LogP contribution in [0.4, 0.5) is 17.2 Å². The summed E-state index contributed by atoms with van der Waals surface area (Å²) in [6.45, 7) is 4.64. The van der Waals surface area contributed by atoms with Crippen molar-refractivity contribution in [3.63, 3.8) is 0 Å². The molecule has 0 saturated carbocycles. The van der Waals surface area contributed by atoms with E-state index < -0.39 is 5.56 Å². The Morgan fingerprint density at radius 1 is 1.02 bits per heavy atom. The van der Waals surface area contributed by atoms with Crippen molar-refractivity contribution in [1.29, 1.82) is 5.41 Å². The van der Waals surface area contributed by atoms with Gasteiger partial charge in [0.1, 0.15) is 12.4 Å². The van der Waals surface area contributed by atoms with Crippen LogP contribution in [-0.4, -0.2) is 38.9 Å². The standard InChI is InChI=1S/C32H39N9O2/c1-21(2)40-31-32(43)41(20-29(42)38-18-23-6-8-24(9-7-23)30(34)35)28(19-39-31)25-15-26(33)17-27(16-25)37-12-4-3-5-22-10-13-36-14-11-22/h6-11,13-17,19,21,37H,3-5,12,18,20,33H2,1-2H3,(H3,34,35)(H,38,42)(H,39,40). The summed E-state index contributed by atoms with van der Waals surface area (Å²) < 4.78 is 1.42. The molecular formula is C32H39N9O2. The van der Waals surface area contributed by atoms with Gasteiger partial charge in [0.25, 0.3) is 5.56 Å². The summed E-state index contributed by atoms with van der Waals surface area (Å²) in [6, 6.07) is 16.6. The molecule has 8 N–H and O–H groups in total. The average molecular weight is 582 g/mol. The van der Waals surface area contributed by atoms with E-state index in [1.807, 2.05) is 38.1 Å². The molecule has 2 aromatic heterocycles. The van der Waals surface area contributed by atoms with E-state index in [9.17, 15) is 9.59 Å². The molecule has 4 aromatic rings. The molecule has 2 heterocycles. The van der Waals surface area contributed by atoms with Crippen molar-refractivity contribution in [2.24, 2.45) is 5.73 Å². The molecule has 1 amide bonds. The second-order valence-electron chi connectivity index (χ2n) is 10.7. The number of hydrogen-bond donors (Lipinski definition) is 6. The van der Waals surface area contributed by atoms with Gasteiger partial charge >= 0.3 is 0 Å². The van der Waals surface area contributed by atoms with Gasteiger partial charge in [-0.3, -0.25) is 24.5 Å². The van der Waals surface area contributed by atoms with E-state index in [-0.39, 0.29) is 36.7 Å². The highest BCUT2D eigenvalue weighted by molar-refractivity contribution is 5.94. The number of hydrogen-bond acceptors (Lipinski definition) is 8. The first-order valence-electron chi connectivity index (χ1n) is 14.3. The first kappa shape index (κ1) is 30.8. The van der Waals surface area contributed by atoms with Crippen molar-refractivity contribution in [3.8, 4) is 11.3 Å². The largest absolute Gasteiger partial charge is 0.399 e. The fraction of sp³-hybridized carbons (Fsp3) is 0.281. The summed E-state index contributed by atoms with van der Waals surface area (Å²) in [7, 11) is 0. The molecule has 0 aliphatic rings.